The molecule has 0 atom stereocenters. The van der Waals surface area contributed by atoms with E-state index in [-0.39, 0.29) is 0 Å². The van der Waals surface area contributed by atoms with Crippen molar-refractivity contribution in [2.75, 3.05) is 24.3 Å². The lowest BCUT2D eigenvalue weighted by molar-refractivity contribution is 0.128. The third-order valence-electron chi connectivity index (χ3n) is 3.06. The molecule has 5 nitrogen and oxygen atoms in total. The van der Waals surface area contributed by atoms with E-state index in [1.54, 1.807) is 0 Å². The molecule has 2 N–H and O–H groups in total. The topological polar surface area (TPSA) is 59.1 Å². The molecule has 0 unspecified atom stereocenters. The molecule has 1 aromatic carbocycles. The van der Waals surface area contributed by atoms with Crippen molar-refractivity contribution in [1.82, 2.24) is 9.97 Å². The van der Waals surface area contributed by atoms with Crippen molar-refractivity contribution in [1.29, 1.82) is 0 Å². The molecule has 5 heteroatoms. The molecule has 0 saturated heterocycles. The molecule has 1 heterocycles. The van der Waals surface area contributed by atoms with Crippen LogP contribution in [0.3, 0.4) is 0 Å². The molecule has 0 aliphatic heterocycles. The van der Waals surface area contributed by atoms with E-state index in [0.717, 1.165) is 18.2 Å². The zero-order valence-corrected chi connectivity index (χ0v) is 12.8. The lowest BCUT2D eigenvalue weighted by atomic mass is 10.1. The number of aryl methyl sites for hydroxylation is 1. The van der Waals surface area contributed by atoms with Crippen LogP contribution in [0.25, 0.3) is 0 Å². The van der Waals surface area contributed by atoms with Gasteiger partial charge in [0.25, 0.3) is 0 Å². The van der Waals surface area contributed by atoms with Crippen molar-refractivity contribution >= 4 is 11.6 Å². The zero-order chi connectivity index (χ0) is 15.1. The number of anilines is 2. The molecule has 0 aliphatic carbocycles. The first-order chi connectivity index (χ1) is 10.2. The van der Waals surface area contributed by atoms with Gasteiger partial charge in [-0.15, -0.1) is 0 Å². The third kappa shape index (κ3) is 4.72. The molecule has 21 heavy (non-hydrogen) atoms. The van der Waals surface area contributed by atoms with Gasteiger partial charge in [-0.25, -0.2) is 9.97 Å². The fourth-order valence-corrected chi connectivity index (χ4v) is 1.87. The second kappa shape index (κ2) is 7.59. The van der Waals surface area contributed by atoms with Gasteiger partial charge in [0.05, 0.1) is 0 Å². The maximum atomic E-state index is 5.37. The predicted octanol–water partition coefficient (Wildman–Crippen LogP) is 2.98. The Morgan fingerprint density at radius 1 is 1.10 bits per heavy atom. The summed E-state index contributed by atoms with van der Waals surface area (Å²) in [5.74, 6) is 2.26. The first-order valence-corrected chi connectivity index (χ1v) is 7.14. The number of benzene rings is 1. The van der Waals surface area contributed by atoms with Crippen LogP contribution in [0.5, 0.6) is 0 Å². The first kappa shape index (κ1) is 15.3. The molecule has 0 saturated carbocycles. The molecule has 0 fully saturated rings. The fourth-order valence-electron chi connectivity index (χ4n) is 1.87. The summed E-state index contributed by atoms with van der Waals surface area (Å²) < 4.78 is 5.37. The van der Waals surface area contributed by atoms with Gasteiger partial charge >= 0.3 is 0 Å². The minimum absolute atomic E-state index is 0.422. The summed E-state index contributed by atoms with van der Waals surface area (Å²) in [6.07, 6.45) is 0. The van der Waals surface area contributed by atoms with Crippen LogP contribution >= 0.6 is 0 Å². The summed E-state index contributed by atoms with van der Waals surface area (Å²) in [4.78, 5) is 8.83. The van der Waals surface area contributed by atoms with Gasteiger partial charge in [-0.1, -0.05) is 29.8 Å². The quantitative estimate of drug-likeness (QED) is 0.819. The first-order valence-electron chi connectivity index (χ1n) is 7.14. The number of rotatable bonds is 7. The van der Waals surface area contributed by atoms with E-state index in [1.165, 1.54) is 11.1 Å². The lowest BCUT2D eigenvalue weighted by Crippen LogP contribution is -2.07. The highest BCUT2D eigenvalue weighted by molar-refractivity contribution is 5.47. The fraction of sp³-hybridized carbons (Fsp3) is 0.375. The van der Waals surface area contributed by atoms with Gasteiger partial charge < -0.3 is 15.4 Å². The van der Waals surface area contributed by atoms with Crippen LogP contribution in [0.4, 0.5) is 11.6 Å². The van der Waals surface area contributed by atoms with Crippen molar-refractivity contribution in [2.45, 2.75) is 27.0 Å². The molecular weight excluding hydrogens is 264 g/mol. The highest BCUT2D eigenvalue weighted by Gasteiger charge is 2.04. The van der Waals surface area contributed by atoms with Crippen molar-refractivity contribution in [3.63, 3.8) is 0 Å². The second-order valence-electron chi connectivity index (χ2n) is 4.78. The Morgan fingerprint density at radius 3 is 2.48 bits per heavy atom. The average molecular weight is 286 g/mol. The smallest absolute Gasteiger partial charge is 0.158 e. The van der Waals surface area contributed by atoms with Crippen LogP contribution in [0, 0.1) is 6.92 Å². The number of hydrogen-bond donors (Lipinski definition) is 2. The molecule has 0 aliphatic rings. The maximum Gasteiger partial charge on any atom is 0.158 e. The summed E-state index contributed by atoms with van der Waals surface area (Å²) in [6.45, 7) is 5.85. The van der Waals surface area contributed by atoms with Gasteiger partial charge in [0, 0.05) is 26.3 Å². The summed E-state index contributed by atoms with van der Waals surface area (Å²) in [5, 5.41) is 6.37. The molecule has 0 radical (unpaired) electrons. The minimum atomic E-state index is 0.422. The monoisotopic (exact) mass is 286 g/mol. The second-order valence-corrected chi connectivity index (χ2v) is 4.78. The summed E-state index contributed by atoms with van der Waals surface area (Å²) >= 11 is 0. The van der Waals surface area contributed by atoms with E-state index in [0.29, 0.717) is 19.0 Å². The number of ether oxygens (including phenoxy) is 1. The molecule has 0 bridgehead atoms. The zero-order valence-electron chi connectivity index (χ0n) is 12.8. The molecule has 2 rings (SSSR count). The largest absolute Gasteiger partial charge is 0.374 e. The van der Waals surface area contributed by atoms with Gasteiger partial charge in [0.15, 0.2) is 5.82 Å². The predicted molar refractivity (Wildman–Crippen MR) is 85.4 cm³/mol. The highest BCUT2D eigenvalue weighted by atomic mass is 16.5. The van der Waals surface area contributed by atoms with E-state index < -0.39 is 0 Å². The van der Waals surface area contributed by atoms with Gasteiger partial charge in [-0.3, -0.25) is 0 Å². The Morgan fingerprint density at radius 2 is 1.81 bits per heavy atom. The highest BCUT2D eigenvalue weighted by Crippen LogP contribution is 2.13. The SMILES string of the molecule is CCOCc1nc(NC)cc(NCc2ccc(C)cc2)n1. The maximum absolute atomic E-state index is 5.37. The van der Waals surface area contributed by atoms with Gasteiger partial charge in [0.2, 0.25) is 0 Å². The average Bonchev–Trinajstić information content (AvgIpc) is 2.52. The van der Waals surface area contributed by atoms with E-state index in [1.807, 2.05) is 20.0 Å². The van der Waals surface area contributed by atoms with Crippen LogP contribution < -0.4 is 10.6 Å². The van der Waals surface area contributed by atoms with Gasteiger partial charge in [0.1, 0.15) is 18.2 Å². The van der Waals surface area contributed by atoms with Gasteiger partial charge in [-0.2, -0.15) is 0 Å². The van der Waals surface area contributed by atoms with Crippen LogP contribution in [-0.2, 0) is 17.9 Å². The summed E-state index contributed by atoms with van der Waals surface area (Å²) in [5.41, 5.74) is 2.48. The standard InChI is InChI=1S/C16H22N4O/c1-4-21-11-16-19-14(17-3)9-15(20-16)18-10-13-7-5-12(2)6-8-13/h5-9H,4,10-11H2,1-3H3,(H2,17,18,19,20). The van der Waals surface area contributed by atoms with Crippen LogP contribution in [-0.4, -0.2) is 23.6 Å². The van der Waals surface area contributed by atoms with E-state index in [2.05, 4.69) is 51.8 Å². The summed E-state index contributed by atoms with van der Waals surface area (Å²) in [7, 11) is 1.84. The van der Waals surface area contributed by atoms with E-state index >= 15 is 0 Å². The summed E-state index contributed by atoms with van der Waals surface area (Å²) in [6, 6.07) is 10.3. The molecule has 1 aromatic heterocycles. The number of nitrogens with one attached hydrogen (secondary N) is 2. The number of nitrogens with zero attached hydrogens (tertiary/aromatic N) is 2. The van der Waals surface area contributed by atoms with Gasteiger partial charge in [-0.05, 0) is 19.4 Å². The van der Waals surface area contributed by atoms with Crippen LogP contribution in [0.15, 0.2) is 30.3 Å². The van der Waals surface area contributed by atoms with E-state index in [9.17, 15) is 0 Å². The minimum Gasteiger partial charge on any atom is -0.374 e. The molecule has 2 aromatic rings. The molecule has 0 amide bonds. The Balaban J connectivity index is 2.05. The Hall–Kier alpha value is -2.14. The van der Waals surface area contributed by atoms with E-state index in [4.69, 9.17) is 4.74 Å². The molecule has 112 valence electrons. The van der Waals surface area contributed by atoms with Crippen molar-refractivity contribution < 1.29 is 4.74 Å². The van der Waals surface area contributed by atoms with Crippen molar-refractivity contribution in [3.05, 3.63) is 47.3 Å². The Kier molecular flexibility index (Phi) is 5.51. The van der Waals surface area contributed by atoms with Crippen LogP contribution in [0.1, 0.15) is 23.9 Å². The molecule has 0 spiro atoms. The third-order valence-corrected chi connectivity index (χ3v) is 3.06. The van der Waals surface area contributed by atoms with Crippen LogP contribution in [0.2, 0.25) is 0 Å². The number of hydrogen-bond acceptors (Lipinski definition) is 5. The van der Waals surface area contributed by atoms with Crippen molar-refractivity contribution in [3.8, 4) is 0 Å². The number of aromatic nitrogens is 2. The lowest BCUT2D eigenvalue weighted by Gasteiger charge is -2.10. The Labute approximate surface area is 125 Å². The normalized spacial score (nSPS) is 10.4. The Bertz CT molecular complexity index is 569. The molecular formula is C16H22N4O. The van der Waals surface area contributed by atoms with Crippen molar-refractivity contribution in [2.24, 2.45) is 0 Å².